The summed E-state index contributed by atoms with van der Waals surface area (Å²) in [5.41, 5.74) is 1.26. The number of hydrogen-bond acceptors (Lipinski definition) is 4. The predicted octanol–water partition coefficient (Wildman–Crippen LogP) is 4.01. The molecular weight excluding hydrogens is 423 g/mol. The van der Waals surface area contributed by atoms with E-state index in [4.69, 9.17) is 27.9 Å². The van der Waals surface area contributed by atoms with Gasteiger partial charge in [-0.3, -0.25) is 9.52 Å². The molecule has 2 N–H and O–H groups in total. The molecule has 0 bridgehead atoms. The monoisotopic (exact) mass is 442 g/mol. The first-order chi connectivity index (χ1) is 13.3. The maximum absolute atomic E-state index is 12.7. The maximum atomic E-state index is 12.7. The van der Waals surface area contributed by atoms with Crippen LogP contribution in [0.5, 0.6) is 0 Å². The van der Waals surface area contributed by atoms with Crippen molar-refractivity contribution in [2.75, 3.05) is 17.9 Å². The second-order valence-electron chi connectivity index (χ2n) is 6.60. The van der Waals surface area contributed by atoms with Gasteiger partial charge in [-0.25, -0.2) is 8.42 Å². The lowest BCUT2D eigenvalue weighted by atomic mass is 10.1. The topological polar surface area (TPSA) is 84.5 Å². The fourth-order valence-electron chi connectivity index (χ4n) is 2.83. The normalized spacial score (nSPS) is 17.2. The van der Waals surface area contributed by atoms with Crippen molar-refractivity contribution < 1.29 is 17.9 Å². The Morgan fingerprint density at radius 3 is 2.61 bits per heavy atom. The van der Waals surface area contributed by atoms with Crippen molar-refractivity contribution >= 4 is 44.8 Å². The molecule has 1 amide bonds. The average molecular weight is 443 g/mol. The molecule has 0 spiro atoms. The first-order valence-electron chi connectivity index (χ1n) is 8.73. The Bertz CT molecular complexity index is 989. The summed E-state index contributed by atoms with van der Waals surface area (Å²) in [4.78, 5) is 12.5. The zero-order valence-corrected chi connectivity index (χ0v) is 17.5. The Kier molecular flexibility index (Phi) is 6.50. The number of sulfonamides is 1. The zero-order valence-electron chi connectivity index (χ0n) is 15.2. The van der Waals surface area contributed by atoms with Crippen LogP contribution in [0, 0.1) is 6.92 Å². The minimum atomic E-state index is -3.92. The lowest BCUT2D eigenvalue weighted by Gasteiger charge is -2.23. The molecule has 1 aliphatic rings. The Balaban J connectivity index is 1.82. The van der Waals surface area contributed by atoms with Gasteiger partial charge >= 0.3 is 0 Å². The molecule has 6 nitrogen and oxygen atoms in total. The van der Waals surface area contributed by atoms with E-state index in [0.29, 0.717) is 23.9 Å². The predicted molar refractivity (Wildman–Crippen MR) is 110 cm³/mol. The summed E-state index contributed by atoms with van der Waals surface area (Å²) in [6, 6.07) is 8.75. The number of halogens is 2. The fourth-order valence-corrected chi connectivity index (χ4v) is 4.29. The summed E-state index contributed by atoms with van der Waals surface area (Å²) in [6.07, 6.45) is 1.66. The second-order valence-corrected chi connectivity index (χ2v) is 9.10. The van der Waals surface area contributed by atoms with Crippen LogP contribution in [0.4, 0.5) is 5.69 Å². The first kappa shape index (κ1) is 20.9. The molecule has 3 rings (SSSR count). The molecule has 0 radical (unpaired) electrons. The molecule has 2 aromatic carbocycles. The second kappa shape index (κ2) is 8.69. The molecule has 28 heavy (non-hydrogen) atoms. The van der Waals surface area contributed by atoms with Crippen molar-refractivity contribution in [2.24, 2.45) is 0 Å². The molecule has 1 fully saturated rings. The van der Waals surface area contributed by atoms with Crippen LogP contribution in [0.1, 0.15) is 28.8 Å². The van der Waals surface area contributed by atoms with Gasteiger partial charge in [0.25, 0.3) is 15.9 Å². The third kappa shape index (κ3) is 4.97. The lowest BCUT2D eigenvalue weighted by Crippen LogP contribution is -2.40. The summed E-state index contributed by atoms with van der Waals surface area (Å²) >= 11 is 12.2. The summed E-state index contributed by atoms with van der Waals surface area (Å²) in [7, 11) is -3.92. The fraction of sp³-hybridized carbons (Fsp3) is 0.316. The molecule has 1 saturated heterocycles. The summed E-state index contributed by atoms with van der Waals surface area (Å²) < 4.78 is 33.3. The largest absolute Gasteiger partial charge is 0.379 e. The van der Waals surface area contributed by atoms with Gasteiger partial charge in [-0.1, -0.05) is 29.3 Å². The summed E-state index contributed by atoms with van der Waals surface area (Å²) in [5, 5.41) is 3.46. The van der Waals surface area contributed by atoms with Crippen molar-refractivity contribution in [2.45, 2.75) is 30.7 Å². The molecule has 1 aliphatic heterocycles. The first-order valence-corrected chi connectivity index (χ1v) is 11.0. The number of ether oxygens (including phenoxy) is 1. The van der Waals surface area contributed by atoms with Gasteiger partial charge < -0.3 is 10.1 Å². The van der Waals surface area contributed by atoms with Crippen LogP contribution in [0.15, 0.2) is 41.3 Å². The Morgan fingerprint density at radius 2 is 1.93 bits per heavy atom. The zero-order chi connectivity index (χ0) is 20.3. The van der Waals surface area contributed by atoms with Gasteiger partial charge in [0.2, 0.25) is 0 Å². The van der Waals surface area contributed by atoms with E-state index in [-0.39, 0.29) is 21.5 Å². The maximum Gasteiger partial charge on any atom is 0.261 e. The minimum absolute atomic E-state index is 0.0707. The number of carbonyl (C=O) groups excluding carboxylic acids is 1. The van der Waals surface area contributed by atoms with Crippen molar-refractivity contribution in [3.63, 3.8) is 0 Å². The summed E-state index contributed by atoms with van der Waals surface area (Å²) in [6.45, 7) is 2.93. The van der Waals surface area contributed by atoms with Crippen molar-refractivity contribution in [3.8, 4) is 0 Å². The van der Waals surface area contributed by atoms with E-state index >= 15 is 0 Å². The van der Waals surface area contributed by atoms with Crippen molar-refractivity contribution in [1.29, 1.82) is 0 Å². The number of nitrogens with one attached hydrogen (secondary N) is 2. The number of carbonyl (C=O) groups is 1. The number of hydrogen-bond donors (Lipinski definition) is 2. The highest BCUT2D eigenvalue weighted by atomic mass is 35.5. The molecule has 1 heterocycles. The van der Waals surface area contributed by atoms with Gasteiger partial charge in [0, 0.05) is 11.6 Å². The number of aryl methyl sites for hydroxylation is 1. The van der Waals surface area contributed by atoms with Crippen LogP contribution in [-0.4, -0.2) is 33.6 Å². The summed E-state index contributed by atoms with van der Waals surface area (Å²) in [5.74, 6) is -0.434. The Hall–Kier alpha value is -1.80. The number of rotatable bonds is 5. The average Bonchev–Trinajstić information content (AvgIpc) is 2.65. The van der Waals surface area contributed by atoms with E-state index in [9.17, 15) is 13.2 Å². The third-order valence-electron chi connectivity index (χ3n) is 4.41. The van der Waals surface area contributed by atoms with E-state index in [2.05, 4.69) is 10.0 Å². The van der Waals surface area contributed by atoms with E-state index in [1.165, 1.54) is 24.3 Å². The van der Waals surface area contributed by atoms with Crippen LogP contribution in [0.25, 0.3) is 0 Å². The lowest BCUT2D eigenvalue weighted by molar-refractivity contribution is 0.0624. The third-order valence-corrected chi connectivity index (χ3v) is 6.53. The van der Waals surface area contributed by atoms with Crippen molar-refractivity contribution in [1.82, 2.24) is 5.32 Å². The Morgan fingerprint density at radius 1 is 1.14 bits per heavy atom. The van der Waals surface area contributed by atoms with Gasteiger partial charge in [-0.15, -0.1) is 0 Å². The molecule has 0 aromatic heterocycles. The molecule has 9 heteroatoms. The van der Waals surface area contributed by atoms with Gasteiger partial charge in [0.15, 0.2) is 0 Å². The Labute approximate surface area is 174 Å². The van der Waals surface area contributed by atoms with E-state index in [1.807, 2.05) is 6.92 Å². The van der Waals surface area contributed by atoms with Gasteiger partial charge in [-0.2, -0.15) is 0 Å². The molecular formula is C19H20Cl2N2O4S. The SMILES string of the molecule is Cc1ccc(NS(=O)(=O)c2ccc(Cl)c(C(=O)NC3CCCOC3)c2)cc1Cl. The quantitative estimate of drug-likeness (QED) is 0.732. The van der Waals surface area contributed by atoms with Crippen LogP contribution in [-0.2, 0) is 14.8 Å². The van der Waals surface area contributed by atoms with Gasteiger partial charge in [0.1, 0.15) is 0 Å². The van der Waals surface area contributed by atoms with Crippen LogP contribution in [0.3, 0.4) is 0 Å². The van der Waals surface area contributed by atoms with E-state index in [1.54, 1.807) is 12.1 Å². The molecule has 1 atom stereocenters. The van der Waals surface area contributed by atoms with E-state index in [0.717, 1.165) is 18.4 Å². The minimum Gasteiger partial charge on any atom is -0.379 e. The number of amides is 1. The van der Waals surface area contributed by atoms with Crippen molar-refractivity contribution in [3.05, 3.63) is 57.6 Å². The number of anilines is 1. The highest BCUT2D eigenvalue weighted by Crippen LogP contribution is 2.25. The highest BCUT2D eigenvalue weighted by Gasteiger charge is 2.22. The molecule has 2 aromatic rings. The molecule has 1 unspecified atom stereocenters. The molecule has 0 aliphatic carbocycles. The van der Waals surface area contributed by atoms with Gasteiger partial charge in [0.05, 0.1) is 33.8 Å². The van der Waals surface area contributed by atoms with E-state index < -0.39 is 15.9 Å². The van der Waals surface area contributed by atoms with Crippen LogP contribution in [0.2, 0.25) is 10.0 Å². The van der Waals surface area contributed by atoms with Gasteiger partial charge in [-0.05, 0) is 55.7 Å². The van der Waals surface area contributed by atoms with Crippen LogP contribution >= 0.6 is 23.2 Å². The van der Waals surface area contributed by atoms with Crippen LogP contribution < -0.4 is 10.0 Å². The highest BCUT2D eigenvalue weighted by molar-refractivity contribution is 7.92. The molecule has 0 saturated carbocycles. The standard InChI is InChI=1S/C19H20Cl2N2O4S/c1-12-4-5-13(9-18(12)21)23-28(25,26)15-6-7-17(20)16(10-15)19(24)22-14-3-2-8-27-11-14/h4-7,9-10,14,23H,2-3,8,11H2,1H3,(H,22,24). The smallest absolute Gasteiger partial charge is 0.261 e. The number of benzene rings is 2. The molecule has 150 valence electrons.